The first-order valence-corrected chi connectivity index (χ1v) is 11.6. The number of rotatable bonds is 7. The Bertz CT molecular complexity index is 991. The van der Waals surface area contributed by atoms with Crippen molar-refractivity contribution in [3.63, 3.8) is 0 Å². The summed E-state index contributed by atoms with van der Waals surface area (Å²) in [6.45, 7) is 1.89. The van der Waals surface area contributed by atoms with Crippen molar-refractivity contribution >= 4 is 18.0 Å². The number of hydrogen-bond acceptors (Lipinski definition) is 4. The van der Waals surface area contributed by atoms with Crippen molar-refractivity contribution in [2.45, 2.75) is 57.0 Å². The summed E-state index contributed by atoms with van der Waals surface area (Å²) >= 11 is 0. The first kappa shape index (κ1) is 22.8. The molecule has 0 aliphatic heterocycles. The summed E-state index contributed by atoms with van der Waals surface area (Å²) in [7, 11) is 0. The second kappa shape index (κ2) is 10.1. The molecule has 0 aromatic heterocycles. The Morgan fingerprint density at radius 3 is 2.24 bits per heavy atom. The third kappa shape index (κ3) is 5.18. The van der Waals surface area contributed by atoms with E-state index in [2.05, 4.69) is 34.9 Å². The maximum Gasteiger partial charge on any atom is 0.407 e. The van der Waals surface area contributed by atoms with E-state index in [1.54, 1.807) is 6.92 Å². The molecule has 2 aromatic rings. The molecule has 3 atom stereocenters. The van der Waals surface area contributed by atoms with Crippen LogP contribution < -0.4 is 10.6 Å². The number of ether oxygens (including phenoxy) is 1. The van der Waals surface area contributed by atoms with Crippen LogP contribution in [0.1, 0.15) is 56.1 Å². The minimum Gasteiger partial charge on any atom is -0.481 e. The summed E-state index contributed by atoms with van der Waals surface area (Å²) in [6, 6.07) is 15.5. The third-order valence-electron chi connectivity index (χ3n) is 6.62. The van der Waals surface area contributed by atoms with Crippen molar-refractivity contribution in [3.8, 4) is 11.1 Å². The monoisotopic (exact) mass is 450 g/mol. The molecule has 1 unspecified atom stereocenters. The molecular weight excluding hydrogens is 420 g/mol. The van der Waals surface area contributed by atoms with E-state index in [0.717, 1.165) is 24.0 Å². The third-order valence-corrected chi connectivity index (χ3v) is 6.62. The minimum atomic E-state index is -0.959. The van der Waals surface area contributed by atoms with Crippen molar-refractivity contribution in [2.24, 2.45) is 5.92 Å². The van der Waals surface area contributed by atoms with Crippen molar-refractivity contribution < 1.29 is 24.2 Å². The molecule has 2 aliphatic carbocycles. The lowest BCUT2D eigenvalue weighted by Gasteiger charge is -2.31. The number of carboxylic acid groups (broad SMARTS) is 1. The van der Waals surface area contributed by atoms with E-state index < -0.39 is 24.0 Å². The summed E-state index contributed by atoms with van der Waals surface area (Å²) in [5, 5.41) is 14.6. The molecule has 3 N–H and O–H groups in total. The lowest BCUT2D eigenvalue weighted by atomic mass is 9.83. The van der Waals surface area contributed by atoms with Crippen LogP contribution in [0.4, 0.5) is 4.79 Å². The first-order chi connectivity index (χ1) is 15.9. The van der Waals surface area contributed by atoms with Crippen LogP contribution in [-0.2, 0) is 14.3 Å². The standard InChI is InChI=1S/C26H30N2O5/c1-16(14-24(29)30)27-25(31)21-12-6-7-13-23(21)28-26(32)33-15-22-19-10-4-2-8-17(19)18-9-3-5-11-20(18)22/h2-5,8-11,16,21-23H,6-7,12-15H2,1H3,(H,27,31)(H,28,32)(H,29,30)/t16?,21-,23+/m1/s1. The average molecular weight is 451 g/mol. The van der Waals surface area contributed by atoms with Gasteiger partial charge in [-0.1, -0.05) is 61.4 Å². The molecule has 174 valence electrons. The topological polar surface area (TPSA) is 105 Å². The second-order valence-electron chi connectivity index (χ2n) is 8.97. The summed E-state index contributed by atoms with van der Waals surface area (Å²) < 4.78 is 5.64. The molecule has 0 spiro atoms. The highest BCUT2D eigenvalue weighted by atomic mass is 16.5. The molecule has 7 heteroatoms. The zero-order valence-corrected chi connectivity index (χ0v) is 18.8. The van der Waals surface area contributed by atoms with Crippen LogP contribution in [0.2, 0.25) is 0 Å². The predicted molar refractivity (Wildman–Crippen MR) is 124 cm³/mol. The van der Waals surface area contributed by atoms with Gasteiger partial charge < -0.3 is 20.5 Å². The highest BCUT2D eigenvalue weighted by Crippen LogP contribution is 2.44. The molecule has 7 nitrogen and oxygen atoms in total. The van der Waals surface area contributed by atoms with Gasteiger partial charge in [0.1, 0.15) is 6.61 Å². The Balaban J connectivity index is 1.37. The maximum atomic E-state index is 12.7. The SMILES string of the molecule is CC(CC(=O)O)NC(=O)[C@@H]1CCCC[C@@H]1NC(=O)OCC1c2ccccc2-c2ccccc21. The van der Waals surface area contributed by atoms with E-state index in [4.69, 9.17) is 9.84 Å². The van der Waals surface area contributed by atoms with E-state index in [-0.39, 0.29) is 30.9 Å². The number of nitrogens with one attached hydrogen (secondary N) is 2. The van der Waals surface area contributed by atoms with Crippen LogP contribution in [0.25, 0.3) is 11.1 Å². The van der Waals surface area contributed by atoms with Crippen molar-refractivity contribution in [1.82, 2.24) is 10.6 Å². The van der Waals surface area contributed by atoms with E-state index >= 15 is 0 Å². The molecule has 4 rings (SSSR count). The number of carbonyl (C=O) groups is 3. The molecular formula is C26H30N2O5. The number of carboxylic acids is 1. The van der Waals surface area contributed by atoms with Crippen molar-refractivity contribution in [3.05, 3.63) is 59.7 Å². The number of aliphatic carboxylic acids is 1. The van der Waals surface area contributed by atoms with Crippen LogP contribution >= 0.6 is 0 Å². The maximum absolute atomic E-state index is 12.7. The van der Waals surface area contributed by atoms with Gasteiger partial charge in [0.2, 0.25) is 5.91 Å². The van der Waals surface area contributed by atoms with Gasteiger partial charge in [-0.2, -0.15) is 0 Å². The zero-order chi connectivity index (χ0) is 23.4. The molecule has 1 fully saturated rings. The van der Waals surface area contributed by atoms with Gasteiger partial charge in [-0.15, -0.1) is 0 Å². The van der Waals surface area contributed by atoms with E-state index in [1.807, 2.05) is 24.3 Å². The molecule has 0 radical (unpaired) electrons. The average Bonchev–Trinajstić information content (AvgIpc) is 3.11. The molecule has 0 saturated heterocycles. The Hall–Kier alpha value is -3.35. The largest absolute Gasteiger partial charge is 0.481 e. The molecule has 1 saturated carbocycles. The van der Waals surface area contributed by atoms with Gasteiger partial charge in [0, 0.05) is 18.0 Å². The van der Waals surface area contributed by atoms with Gasteiger partial charge in [0.05, 0.1) is 12.3 Å². The van der Waals surface area contributed by atoms with Crippen LogP contribution in [0.15, 0.2) is 48.5 Å². The lowest BCUT2D eigenvalue weighted by Crippen LogP contribution is -2.50. The number of hydrogen-bond donors (Lipinski definition) is 3. The second-order valence-corrected chi connectivity index (χ2v) is 8.97. The summed E-state index contributed by atoms with van der Waals surface area (Å²) in [4.78, 5) is 36.3. The van der Waals surface area contributed by atoms with Crippen LogP contribution in [0.3, 0.4) is 0 Å². The highest BCUT2D eigenvalue weighted by Gasteiger charge is 2.34. The number of benzene rings is 2. The molecule has 0 bridgehead atoms. The van der Waals surface area contributed by atoms with E-state index in [0.29, 0.717) is 12.8 Å². The Labute approximate surface area is 193 Å². The van der Waals surface area contributed by atoms with Crippen LogP contribution in [0, 0.1) is 5.92 Å². The van der Waals surface area contributed by atoms with Gasteiger partial charge in [0.15, 0.2) is 0 Å². The zero-order valence-electron chi connectivity index (χ0n) is 18.8. The summed E-state index contributed by atoms with van der Waals surface area (Å²) in [5.74, 6) is -1.59. The minimum absolute atomic E-state index is 0.0227. The van der Waals surface area contributed by atoms with Gasteiger partial charge in [-0.05, 0) is 42.0 Å². The quantitative estimate of drug-likeness (QED) is 0.590. The van der Waals surface area contributed by atoms with Crippen molar-refractivity contribution in [1.29, 1.82) is 0 Å². The predicted octanol–water partition coefficient (Wildman–Crippen LogP) is 4.06. The number of amides is 2. The van der Waals surface area contributed by atoms with Gasteiger partial charge in [-0.3, -0.25) is 9.59 Å². The fourth-order valence-corrected chi connectivity index (χ4v) is 5.07. The molecule has 2 amide bonds. The fraction of sp³-hybridized carbons (Fsp3) is 0.423. The summed E-state index contributed by atoms with van der Waals surface area (Å²) in [6.07, 6.45) is 2.50. The van der Waals surface area contributed by atoms with E-state index in [1.165, 1.54) is 11.1 Å². The smallest absolute Gasteiger partial charge is 0.407 e. The van der Waals surface area contributed by atoms with Crippen LogP contribution in [-0.4, -0.2) is 41.8 Å². The first-order valence-electron chi connectivity index (χ1n) is 11.6. The lowest BCUT2D eigenvalue weighted by molar-refractivity contribution is -0.137. The Kier molecular flexibility index (Phi) is 6.96. The fourth-order valence-electron chi connectivity index (χ4n) is 5.07. The van der Waals surface area contributed by atoms with E-state index in [9.17, 15) is 14.4 Å². The molecule has 0 heterocycles. The Morgan fingerprint density at radius 1 is 1.00 bits per heavy atom. The normalized spacial score (nSPS) is 20.3. The Morgan fingerprint density at radius 2 is 1.61 bits per heavy atom. The van der Waals surface area contributed by atoms with Gasteiger partial charge in [0.25, 0.3) is 0 Å². The number of carbonyl (C=O) groups excluding carboxylic acids is 2. The highest BCUT2D eigenvalue weighted by molar-refractivity contribution is 5.82. The summed E-state index contributed by atoms with van der Waals surface area (Å²) in [5.41, 5.74) is 4.63. The number of alkyl carbamates (subject to hydrolysis) is 1. The van der Waals surface area contributed by atoms with Gasteiger partial charge in [-0.25, -0.2) is 4.79 Å². The molecule has 2 aromatic carbocycles. The number of fused-ring (bicyclic) bond motifs is 3. The van der Waals surface area contributed by atoms with Crippen molar-refractivity contribution in [2.75, 3.05) is 6.61 Å². The van der Waals surface area contributed by atoms with Gasteiger partial charge >= 0.3 is 12.1 Å². The van der Waals surface area contributed by atoms with Crippen LogP contribution in [0.5, 0.6) is 0 Å². The molecule has 2 aliphatic rings. The molecule has 33 heavy (non-hydrogen) atoms.